The molecule has 1 atom stereocenters. The van der Waals surface area contributed by atoms with Crippen LogP contribution in [0.25, 0.3) is 0 Å². The SMILES string of the molecule is CCCC(NCC(=O)N(CCC)Cc1ccc(C)cc1)C(=O)O. The van der Waals surface area contributed by atoms with E-state index in [1.165, 1.54) is 5.56 Å². The molecule has 1 aromatic rings. The van der Waals surface area contributed by atoms with Gasteiger partial charge in [0.05, 0.1) is 6.54 Å². The van der Waals surface area contributed by atoms with E-state index in [-0.39, 0.29) is 12.5 Å². The highest BCUT2D eigenvalue weighted by Crippen LogP contribution is 2.08. The van der Waals surface area contributed by atoms with E-state index in [0.29, 0.717) is 19.5 Å². The predicted molar refractivity (Wildman–Crippen MR) is 91.2 cm³/mol. The highest BCUT2D eigenvalue weighted by Gasteiger charge is 2.19. The van der Waals surface area contributed by atoms with Crippen LogP contribution in [0.3, 0.4) is 0 Å². The minimum absolute atomic E-state index is 0.0584. The molecule has 1 rings (SSSR count). The van der Waals surface area contributed by atoms with Crippen LogP contribution in [0.2, 0.25) is 0 Å². The lowest BCUT2D eigenvalue weighted by Crippen LogP contribution is -2.44. The van der Waals surface area contributed by atoms with Gasteiger partial charge in [0.2, 0.25) is 5.91 Å². The lowest BCUT2D eigenvalue weighted by atomic mass is 10.1. The van der Waals surface area contributed by atoms with Crippen LogP contribution in [0.15, 0.2) is 24.3 Å². The van der Waals surface area contributed by atoms with Gasteiger partial charge in [0, 0.05) is 13.1 Å². The average Bonchev–Trinajstić information content (AvgIpc) is 2.52. The number of carbonyl (C=O) groups is 2. The van der Waals surface area contributed by atoms with Crippen molar-refractivity contribution in [1.82, 2.24) is 10.2 Å². The molecule has 0 bridgehead atoms. The fourth-order valence-corrected chi connectivity index (χ4v) is 2.40. The fraction of sp³-hybridized carbons (Fsp3) is 0.556. The van der Waals surface area contributed by atoms with Crippen molar-refractivity contribution in [3.05, 3.63) is 35.4 Å². The number of carboxylic acids is 1. The van der Waals surface area contributed by atoms with E-state index >= 15 is 0 Å². The van der Waals surface area contributed by atoms with Gasteiger partial charge in [0.25, 0.3) is 0 Å². The summed E-state index contributed by atoms with van der Waals surface area (Å²) < 4.78 is 0. The van der Waals surface area contributed by atoms with Crippen LogP contribution in [-0.4, -0.2) is 41.0 Å². The maximum atomic E-state index is 12.4. The smallest absolute Gasteiger partial charge is 0.320 e. The zero-order valence-electron chi connectivity index (χ0n) is 14.3. The van der Waals surface area contributed by atoms with Crippen molar-refractivity contribution < 1.29 is 14.7 Å². The molecule has 0 saturated carbocycles. The Kier molecular flexibility index (Phi) is 8.33. The lowest BCUT2D eigenvalue weighted by Gasteiger charge is -2.23. The van der Waals surface area contributed by atoms with Crippen LogP contribution in [0.4, 0.5) is 0 Å². The van der Waals surface area contributed by atoms with Crippen molar-refractivity contribution in [2.24, 2.45) is 0 Å². The molecular formula is C18H28N2O3. The van der Waals surface area contributed by atoms with Gasteiger partial charge in [-0.25, -0.2) is 0 Å². The number of amides is 1. The molecule has 5 nitrogen and oxygen atoms in total. The molecule has 0 aromatic heterocycles. The van der Waals surface area contributed by atoms with Gasteiger partial charge in [0.1, 0.15) is 6.04 Å². The van der Waals surface area contributed by atoms with E-state index in [1.54, 1.807) is 4.90 Å². The van der Waals surface area contributed by atoms with Crippen molar-refractivity contribution in [2.75, 3.05) is 13.1 Å². The number of nitrogens with one attached hydrogen (secondary N) is 1. The molecule has 0 radical (unpaired) electrons. The molecule has 0 aliphatic rings. The van der Waals surface area contributed by atoms with Gasteiger partial charge in [-0.2, -0.15) is 0 Å². The fourth-order valence-electron chi connectivity index (χ4n) is 2.40. The maximum Gasteiger partial charge on any atom is 0.320 e. The molecule has 1 aromatic carbocycles. The quantitative estimate of drug-likeness (QED) is 0.695. The summed E-state index contributed by atoms with van der Waals surface area (Å²) in [5.74, 6) is -0.963. The Morgan fingerprint density at radius 1 is 1.17 bits per heavy atom. The zero-order chi connectivity index (χ0) is 17.2. The molecular weight excluding hydrogens is 292 g/mol. The number of hydrogen-bond acceptors (Lipinski definition) is 3. The average molecular weight is 320 g/mol. The first kappa shape index (κ1) is 19.2. The second-order valence-corrected chi connectivity index (χ2v) is 5.86. The highest BCUT2D eigenvalue weighted by molar-refractivity contribution is 5.80. The molecule has 0 aliphatic heterocycles. The molecule has 1 unspecified atom stereocenters. The van der Waals surface area contributed by atoms with E-state index in [9.17, 15) is 9.59 Å². The van der Waals surface area contributed by atoms with Gasteiger partial charge in [-0.3, -0.25) is 14.9 Å². The van der Waals surface area contributed by atoms with Crippen LogP contribution in [0.5, 0.6) is 0 Å². The van der Waals surface area contributed by atoms with Crippen molar-refractivity contribution in [3.63, 3.8) is 0 Å². The predicted octanol–water partition coefficient (Wildman–Crippen LogP) is 2.58. The van der Waals surface area contributed by atoms with E-state index in [4.69, 9.17) is 5.11 Å². The summed E-state index contributed by atoms with van der Waals surface area (Å²) in [7, 11) is 0. The Bertz CT molecular complexity index is 499. The summed E-state index contributed by atoms with van der Waals surface area (Å²) in [6, 6.07) is 7.45. The molecule has 128 valence electrons. The summed E-state index contributed by atoms with van der Waals surface area (Å²) in [4.78, 5) is 25.3. The van der Waals surface area contributed by atoms with E-state index in [2.05, 4.69) is 5.32 Å². The van der Waals surface area contributed by atoms with Gasteiger partial charge in [-0.05, 0) is 25.3 Å². The van der Waals surface area contributed by atoms with Crippen LogP contribution >= 0.6 is 0 Å². The van der Waals surface area contributed by atoms with E-state index < -0.39 is 12.0 Å². The maximum absolute atomic E-state index is 12.4. The number of benzene rings is 1. The molecule has 5 heteroatoms. The minimum Gasteiger partial charge on any atom is -0.480 e. The van der Waals surface area contributed by atoms with Gasteiger partial charge in [0.15, 0.2) is 0 Å². The van der Waals surface area contributed by atoms with Crippen molar-refractivity contribution in [3.8, 4) is 0 Å². The molecule has 23 heavy (non-hydrogen) atoms. The summed E-state index contributed by atoms with van der Waals surface area (Å²) >= 11 is 0. The van der Waals surface area contributed by atoms with Crippen LogP contribution in [0, 0.1) is 6.92 Å². The Morgan fingerprint density at radius 2 is 1.83 bits per heavy atom. The zero-order valence-corrected chi connectivity index (χ0v) is 14.3. The van der Waals surface area contributed by atoms with Crippen molar-refractivity contribution >= 4 is 11.9 Å². The normalized spacial score (nSPS) is 12.0. The van der Waals surface area contributed by atoms with E-state index in [0.717, 1.165) is 18.4 Å². The third kappa shape index (κ3) is 6.82. The van der Waals surface area contributed by atoms with E-state index in [1.807, 2.05) is 45.0 Å². The van der Waals surface area contributed by atoms with Crippen molar-refractivity contribution in [2.45, 2.75) is 52.6 Å². The topological polar surface area (TPSA) is 69.6 Å². The first-order valence-electron chi connectivity index (χ1n) is 8.27. The number of aliphatic carboxylic acids is 1. The molecule has 0 saturated heterocycles. The van der Waals surface area contributed by atoms with Crippen LogP contribution in [0.1, 0.15) is 44.2 Å². The second kappa shape index (κ2) is 10.0. The number of aryl methyl sites for hydroxylation is 1. The third-order valence-corrected chi connectivity index (χ3v) is 3.72. The standard InChI is InChI=1S/C18H28N2O3/c1-4-6-16(18(22)23)19-12-17(21)20(11-5-2)13-15-9-7-14(3)8-10-15/h7-10,16,19H,4-6,11-13H2,1-3H3,(H,22,23). The van der Waals surface area contributed by atoms with Crippen LogP contribution < -0.4 is 5.32 Å². The summed E-state index contributed by atoms with van der Waals surface area (Å²) in [6.45, 7) is 7.27. The first-order valence-corrected chi connectivity index (χ1v) is 8.27. The number of carbonyl (C=O) groups excluding carboxylic acids is 1. The summed E-state index contributed by atoms with van der Waals surface area (Å²) in [6.07, 6.45) is 2.16. The molecule has 0 heterocycles. The van der Waals surface area contributed by atoms with Gasteiger partial charge >= 0.3 is 5.97 Å². The second-order valence-electron chi connectivity index (χ2n) is 5.86. The largest absolute Gasteiger partial charge is 0.480 e. The summed E-state index contributed by atoms with van der Waals surface area (Å²) in [5.41, 5.74) is 2.27. The number of rotatable bonds is 10. The Balaban J connectivity index is 2.63. The number of hydrogen-bond donors (Lipinski definition) is 2. The highest BCUT2D eigenvalue weighted by atomic mass is 16.4. The first-order chi connectivity index (χ1) is 11.0. The number of carboxylic acid groups (broad SMARTS) is 1. The minimum atomic E-state index is -0.903. The Labute approximate surface area is 138 Å². The Hall–Kier alpha value is -1.88. The van der Waals surface area contributed by atoms with Gasteiger partial charge in [-0.15, -0.1) is 0 Å². The molecule has 2 N–H and O–H groups in total. The lowest BCUT2D eigenvalue weighted by molar-refractivity contribution is -0.140. The summed E-state index contributed by atoms with van der Waals surface area (Å²) in [5, 5.41) is 12.0. The van der Waals surface area contributed by atoms with Gasteiger partial charge < -0.3 is 10.0 Å². The van der Waals surface area contributed by atoms with Crippen LogP contribution in [-0.2, 0) is 16.1 Å². The number of nitrogens with zero attached hydrogens (tertiary/aromatic N) is 1. The van der Waals surface area contributed by atoms with Gasteiger partial charge in [-0.1, -0.05) is 50.1 Å². The molecule has 0 spiro atoms. The molecule has 0 aliphatic carbocycles. The molecule has 1 amide bonds. The third-order valence-electron chi connectivity index (χ3n) is 3.72. The monoisotopic (exact) mass is 320 g/mol. The Morgan fingerprint density at radius 3 is 2.35 bits per heavy atom. The molecule has 0 fully saturated rings. The van der Waals surface area contributed by atoms with Crippen molar-refractivity contribution in [1.29, 1.82) is 0 Å².